The van der Waals surface area contributed by atoms with Crippen molar-refractivity contribution in [3.05, 3.63) is 26.8 Å². The van der Waals surface area contributed by atoms with Gasteiger partial charge < -0.3 is 10.8 Å². The molecule has 0 spiro atoms. The van der Waals surface area contributed by atoms with Crippen LogP contribution in [-0.2, 0) is 6.42 Å². The van der Waals surface area contributed by atoms with Crippen LogP contribution in [0.4, 0.5) is 5.69 Å². The van der Waals surface area contributed by atoms with Crippen LogP contribution in [0.5, 0.6) is 0 Å². The summed E-state index contributed by atoms with van der Waals surface area (Å²) in [6, 6.07) is 0. The van der Waals surface area contributed by atoms with Gasteiger partial charge in [0.25, 0.3) is 0 Å². The van der Waals surface area contributed by atoms with Crippen molar-refractivity contribution in [1.82, 2.24) is 0 Å². The number of carboxylic acids is 1. The summed E-state index contributed by atoms with van der Waals surface area (Å²) in [4.78, 5) is 12.3. The Kier molecular flexibility index (Phi) is 3.22. The fraction of sp³-hybridized carbons (Fsp3) is 0.250. The number of thiophene rings is 2. The minimum atomic E-state index is -0.943. The van der Waals surface area contributed by atoms with Gasteiger partial charge in [0.15, 0.2) is 0 Å². The van der Waals surface area contributed by atoms with Crippen LogP contribution in [0, 0.1) is 6.92 Å². The van der Waals surface area contributed by atoms with E-state index < -0.39 is 5.97 Å². The first-order chi connectivity index (χ1) is 8.06. The lowest BCUT2D eigenvalue weighted by Gasteiger charge is -2.01. The van der Waals surface area contributed by atoms with Gasteiger partial charge in [-0.2, -0.15) is 11.3 Å². The molecule has 17 heavy (non-hydrogen) atoms. The van der Waals surface area contributed by atoms with Crippen LogP contribution < -0.4 is 5.73 Å². The molecule has 0 fully saturated rings. The van der Waals surface area contributed by atoms with E-state index in [0.29, 0.717) is 5.69 Å². The molecule has 0 aliphatic heterocycles. The van der Waals surface area contributed by atoms with Crippen molar-refractivity contribution in [2.45, 2.75) is 20.3 Å². The average Bonchev–Trinajstić information content (AvgIpc) is 2.81. The zero-order valence-electron chi connectivity index (χ0n) is 9.61. The van der Waals surface area contributed by atoms with Gasteiger partial charge in [-0.25, -0.2) is 4.79 Å². The topological polar surface area (TPSA) is 63.3 Å². The third-order valence-corrected chi connectivity index (χ3v) is 4.83. The van der Waals surface area contributed by atoms with Gasteiger partial charge in [-0.1, -0.05) is 6.92 Å². The predicted octanol–water partition coefficient (Wildman–Crippen LogP) is 3.63. The number of nitrogens with two attached hydrogens (primary N) is 1. The van der Waals surface area contributed by atoms with Crippen LogP contribution in [0.3, 0.4) is 0 Å². The number of nitrogen functional groups attached to an aromatic ring is 1. The second kappa shape index (κ2) is 4.50. The van der Waals surface area contributed by atoms with Crippen molar-refractivity contribution < 1.29 is 9.90 Å². The molecule has 0 aliphatic carbocycles. The Balaban J connectivity index is 2.66. The average molecular weight is 267 g/mol. The summed E-state index contributed by atoms with van der Waals surface area (Å²) in [6.07, 6.45) is 0.750. The summed E-state index contributed by atoms with van der Waals surface area (Å²) in [7, 11) is 0. The summed E-state index contributed by atoms with van der Waals surface area (Å²) >= 11 is 2.89. The summed E-state index contributed by atoms with van der Waals surface area (Å²) in [6.45, 7) is 4.02. The number of rotatable bonds is 3. The molecule has 0 bridgehead atoms. The highest BCUT2D eigenvalue weighted by Crippen LogP contribution is 2.41. The molecule has 0 saturated heterocycles. The largest absolute Gasteiger partial charge is 0.477 e. The molecule has 0 saturated carbocycles. The van der Waals surface area contributed by atoms with E-state index in [-0.39, 0.29) is 4.88 Å². The lowest BCUT2D eigenvalue weighted by molar-refractivity contribution is 0.0703. The monoisotopic (exact) mass is 267 g/mol. The molecule has 3 nitrogen and oxygen atoms in total. The van der Waals surface area contributed by atoms with Crippen molar-refractivity contribution >= 4 is 34.3 Å². The number of anilines is 1. The Hall–Kier alpha value is -1.33. The number of hydrogen-bond acceptors (Lipinski definition) is 4. The number of aromatic carboxylic acids is 1. The summed E-state index contributed by atoms with van der Waals surface area (Å²) in [5.74, 6) is -0.943. The molecule has 5 heteroatoms. The summed E-state index contributed by atoms with van der Waals surface area (Å²) in [5, 5.41) is 13.2. The molecule has 2 rings (SSSR count). The van der Waals surface area contributed by atoms with Crippen molar-refractivity contribution in [3.8, 4) is 10.4 Å². The molecule has 2 heterocycles. The van der Waals surface area contributed by atoms with Gasteiger partial charge in [0.2, 0.25) is 0 Å². The minimum Gasteiger partial charge on any atom is -0.477 e. The van der Waals surface area contributed by atoms with Gasteiger partial charge in [-0.15, -0.1) is 11.3 Å². The zero-order valence-corrected chi connectivity index (χ0v) is 11.2. The van der Waals surface area contributed by atoms with Crippen molar-refractivity contribution in [2.24, 2.45) is 0 Å². The quantitative estimate of drug-likeness (QED) is 0.892. The number of carbonyl (C=O) groups is 1. The Bertz CT molecular complexity index is 569. The lowest BCUT2D eigenvalue weighted by atomic mass is 10.1. The normalized spacial score (nSPS) is 10.7. The number of aryl methyl sites for hydroxylation is 1. The maximum atomic E-state index is 11.1. The van der Waals surface area contributed by atoms with E-state index in [1.54, 1.807) is 11.3 Å². The second-order valence-electron chi connectivity index (χ2n) is 3.78. The van der Waals surface area contributed by atoms with Gasteiger partial charge in [0.05, 0.1) is 5.69 Å². The highest BCUT2D eigenvalue weighted by Gasteiger charge is 2.21. The van der Waals surface area contributed by atoms with Gasteiger partial charge >= 0.3 is 5.97 Å². The SMILES string of the molecule is CCc1c(-c2cscc2C)sc(C(=O)O)c1N. The molecular formula is C12H13NO2S2. The fourth-order valence-electron chi connectivity index (χ4n) is 1.80. The third-order valence-electron chi connectivity index (χ3n) is 2.70. The van der Waals surface area contributed by atoms with E-state index in [4.69, 9.17) is 10.8 Å². The first kappa shape index (κ1) is 12.1. The molecule has 3 N–H and O–H groups in total. The molecule has 0 amide bonds. The lowest BCUT2D eigenvalue weighted by Crippen LogP contribution is -1.99. The number of carboxylic acid groups (broad SMARTS) is 1. The molecule has 90 valence electrons. The molecule has 0 radical (unpaired) electrons. The highest BCUT2D eigenvalue weighted by atomic mass is 32.1. The molecule has 0 atom stereocenters. The maximum Gasteiger partial charge on any atom is 0.348 e. The zero-order chi connectivity index (χ0) is 12.6. The van der Waals surface area contributed by atoms with Crippen LogP contribution in [0.1, 0.15) is 27.7 Å². The third kappa shape index (κ3) is 1.96. The Morgan fingerprint density at radius 1 is 1.47 bits per heavy atom. The van der Waals surface area contributed by atoms with Crippen LogP contribution in [-0.4, -0.2) is 11.1 Å². The van der Waals surface area contributed by atoms with E-state index in [2.05, 4.69) is 5.38 Å². The molecule has 0 aliphatic rings. The first-order valence-electron chi connectivity index (χ1n) is 5.23. The molecule has 0 unspecified atom stereocenters. The Labute approximate surface area is 108 Å². The fourth-order valence-corrected chi connectivity index (χ4v) is 3.94. The standard InChI is InChI=1S/C12H13NO2S2/c1-3-7-9(13)11(12(14)15)17-10(7)8-5-16-4-6(8)2/h4-5H,3,13H2,1-2H3,(H,14,15). The van der Waals surface area contributed by atoms with E-state index in [0.717, 1.165) is 22.4 Å². The van der Waals surface area contributed by atoms with E-state index in [1.165, 1.54) is 16.9 Å². The van der Waals surface area contributed by atoms with E-state index >= 15 is 0 Å². The molecule has 0 aromatic carbocycles. The number of hydrogen-bond donors (Lipinski definition) is 2. The van der Waals surface area contributed by atoms with E-state index in [1.807, 2.05) is 19.2 Å². The van der Waals surface area contributed by atoms with Gasteiger partial charge in [-0.05, 0) is 35.2 Å². The van der Waals surface area contributed by atoms with Crippen LogP contribution in [0.2, 0.25) is 0 Å². The predicted molar refractivity (Wildman–Crippen MR) is 73.1 cm³/mol. The van der Waals surface area contributed by atoms with E-state index in [9.17, 15) is 4.79 Å². The smallest absolute Gasteiger partial charge is 0.348 e. The minimum absolute atomic E-state index is 0.252. The van der Waals surface area contributed by atoms with Gasteiger partial charge in [-0.3, -0.25) is 0 Å². The molecular weight excluding hydrogens is 254 g/mol. The highest BCUT2D eigenvalue weighted by molar-refractivity contribution is 7.18. The van der Waals surface area contributed by atoms with Crippen LogP contribution >= 0.6 is 22.7 Å². The van der Waals surface area contributed by atoms with Gasteiger partial charge in [0, 0.05) is 10.4 Å². The van der Waals surface area contributed by atoms with Crippen molar-refractivity contribution in [2.75, 3.05) is 5.73 Å². The summed E-state index contributed by atoms with van der Waals surface area (Å²) in [5.41, 5.74) is 9.56. The Morgan fingerprint density at radius 2 is 2.18 bits per heavy atom. The van der Waals surface area contributed by atoms with Gasteiger partial charge in [0.1, 0.15) is 4.88 Å². The maximum absolute atomic E-state index is 11.1. The van der Waals surface area contributed by atoms with Crippen molar-refractivity contribution in [3.63, 3.8) is 0 Å². The Morgan fingerprint density at radius 3 is 2.65 bits per heavy atom. The second-order valence-corrected chi connectivity index (χ2v) is 5.54. The van der Waals surface area contributed by atoms with Crippen molar-refractivity contribution in [1.29, 1.82) is 0 Å². The van der Waals surface area contributed by atoms with Crippen LogP contribution in [0.25, 0.3) is 10.4 Å². The molecule has 2 aromatic rings. The summed E-state index contributed by atoms with van der Waals surface area (Å²) < 4.78 is 0. The van der Waals surface area contributed by atoms with Crippen LogP contribution in [0.15, 0.2) is 10.8 Å². The first-order valence-corrected chi connectivity index (χ1v) is 6.99. The molecule has 2 aromatic heterocycles.